The monoisotopic (exact) mass is 297 g/mol. The van der Waals surface area contributed by atoms with E-state index in [1.54, 1.807) is 4.80 Å². The van der Waals surface area contributed by atoms with Gasteiger partial charge in [-0.1, -0.05) is 18.2 Å². The van der Waals surface area contributed by atoms with Crippen molar-refractivity contribution in [3.63, 3.8) is 0 Å². The van der Waals surface area contributed by atoms with Gasteiger partial charge in [0.05, 0.1) is 6.54 Å². The van der Waals surface area contributed by atoms with Crippen molar-refractivity contribution >= 4 is 5.91 Å². The Bertz CT molecular complexity index is 664. The van der Waals surface area contributed by atoms with E-state index in [2.05, 4.69) is 15.4 Å². The smallest absolute Gasteiger partial charge is 0.253 e. The summed E-state index contributed by atoms with van der Waals surface area (Å²) in [7, 11) is 0. The van der Waals surface area contributed by atoms with Gasteiger partial charge in [-0.25, -0.2) is 0 Å². The molecule has 4 rings (SSSR count). The van der Waals surface area contributed by atoms with Crippen molar-refractivity contribution in [3.8, 4) is 0 Å². The summed E-state index contributed by atoms with van der Waals surface area (Å²) in [5.74, 6) is 1.95. The number of hydrogen-bond acceptors (Lipinski definition) is 4. The fourth-order valence-corrected chi connectivity index (χ4v) is 3.00. The zero-order valence-electron chi connectivity index (χ0n) is 12.4. The Kier molecular flexibility index (Phi) is 3.36. The average molecular weight is 297 g/mol. The number of amides is 1. The lowest BCUT2D eigenvalue weighted by atomic mass is 10.1. The number of aromatic nitrogens is 4. The summed E-state index contributed by atoms with van der Waals surface area (Å²) in [4.78, 5) is 16.1. The van der Waals surface area contributed by atoms with Crippen molar-refractivity contribution in [1.29, 1.82) is 0 Å². The van der Waals surface area contributed by atoms with Gasteiger partial charge >= 0.3 is 0 Å². The largest absolute Gasteiger partial charge is 0.338 e. The fraction of sp³-hybridized carbons (Fsp3) is 0.500. The van der Waals surface area contributed by atoms with Gasteiger partial charge in [0.2, 0.25) is 0 Å². The molecule has 0 spiro atoms. The summed E-state index contributed by atoms with van der Waals surface area (Å²) in [6.45, 7) is 2.33. The maximum atomic E-state index is 12.4. The highest BCUT2D eigenvalue weighted by Crippen LogP contribution is 2.37. The first-order chi connectivity index (χ1) is 10.8. The lowest BCUT2D eigenvalue weighted by molar-refractivity contribution is 0.0785. The molecule has 1 aliphatic heterocycles. The highest BCUT2D eigenvalue weighted by molar-refractivity contribution is 5.94. The Morgan fingerprint density at radius 1 is 1.18 bits per heavy atom. The van der Waals surface area contributed by atoms with Crippen LogP contribution >= 0.6 is 0 Å². The molecule has 1 aromatic carbocycles. The van der Waals surface area contributed by atoms with E-state index in [0.29, 0.717) is 11.8 Å². The van der Waals surface area contributed by atoms with Crippen LogP contribution in [0.25, 0.3) is 0 Å². The normalized spacial score (nSPS) is 21.3. The highest BCUT2D eigenvalue weighted by Gasteiger charge is 2.30. The standard InChI is InChI=1S/C16H19N5O/c22-16(14-4-2-1-3-5-14)20-9-8-12(10-20)11-21-18-15(17-19-21)13-6-7-13/h1-5,12-13H,6-11H2/t12-/m1/s1. The van der Waals surface area contributed by atoms with Gasteiger partial charge in [-0.2, -0.15) is 4.80 Å². The lowest BCUT2D eigenvalue weighted by Gasteiger charge is -2.16. The van der Waals surface area contributed by atoms with Gasteiger partial charge in [0, 0.05) is 24.6 Å². The van der Waals surface area contributed by atoms with Crippen LogP contribution in [0.2, 0.25) is 0 Å². The highest BCUT2D eigenvalue weighted by atomic mass is 16.2. The van der Waals surface area contributed by atoms with E-state index in [1.165, 1.54) is 12.8 Å². The van der Waals surface area contributed by atoms with E-state index >= 15 is 0 Å². The van der Waals surface area contributed by atoms with Crippen molar-refractivity contribution < 1.29 is 4.79 Å². The third kappa shape index (κ3) is 2.73. The van der Waals surface area contributed by atoms with Gasteiger partial charge in [0.25, 0.3) is 5.91 Å². The Balaban J connectivity index is 1.36. The van der Waals surface area contributed by atoms with Gasteiger partial charge < -0.3 is 4.90 Å². The van der Waals surface area contributed by atoms with E-state index in [9.17, 15) is 4.79 Å². The van der Waals surface area contributed by atoms with Gasteiger partial charge in [0.15, 0.2) is 5.82 Å². The van der Waals surface area contributed by atoms with Crippen LogP contribution in [0, 0.1) is 5.92 Å². The molecule has 1 aliphatic carbocycles. The Labute approximate surface area is 129 Å². The molecular formula is C16H19N5O. The van der Waals surface area contributed by atoms with E-state index in [1.807, 2.05) is 35.2 Å². The number of carbonyl (C=O) groups is 1. The predicted molar refractivity (Wildman–Crippen MR) is 80.2 cm³/mol. The molecule has 0 bridgehead atoms. The first-order valence-corrected chi connectivity index (χ1v) is 7.91. The van der Waals surface area contributed by atoms with Gasteiger partial charge in [-0.3, -0.25) is 4.79 Å². The fourth-order valence-electron chi connectivity index (χ4n) is 3.00. The minimum Gasteiger partial charge on any atom is -0.338 e. The van der Waals surface area contributed by atoms with Crippen LogP contribution < -0.4 is 0 Å². The first kappa shape index (κ1) is 13.4. The average Bonchev–Trinajstić information content (AvgIpc) is 3.13. The lowest BCUT2D eigenvalue weighted by Crippen LogP contribution is -2.29. The van der Waals surface area contributed by atoms with Gasteiger partial charge in [-0.15, -0.1) is 10.2 Å². The van der Waals surface area contributed by atoms with E-state index in [0.717, 1.165) is 37.4 Å². The Hall–Kier alpha value is -2.24. The molecular weight excluding hydrogens is 278 g/mol. The number of rotatable bonds is 4. The zero-order chi connectivity index (χ0) is 14.9. The van der Waals surface area contributed by atoms with Crippen molar-refractivity contribution in [2.45, 2.75) is 31.7 Å². The molecule has 6 heteroatoms. The quantitative estimate of drug-likeness (QED) is 0.862. The second kappa shape index (κ2) is 5.51. The minimum atomic E-state index is 0.119. The molecule has 2 aromatic rings. The summed E-state index contributed by atoms with van der Waals surface area (Å²) in [5, 5.41) is 12.7. The molecule has 1 amide bonds. The summed E-state index contributed by atoms with van der Waals surface area (Å²) < 4.78 is 0. The molecule has 1 saturated heterocycles. The van der Waals surface area contributed by atoms with Crippen LogP contribution in [0.4, 0.5) is 0 Å². The van der Waals surface area contributed by atoms with Gasteiger partial charge in [0.1, 0.15) is 0 Å². The zero-order valence-corrected chi connectivity index (χ0v) is 12.4. The first-order valence-electron chi connectivity index (χ1n) is 7.91. The molecule has 2 fully saturated rings. The number of likely N-dealkylation sites (tertiary alicyclic amines) is 1. The van der Waals surface area contributed by atoms with E-state index in [-0.39, 0.29) is 5.91 Å². The molecule has 1 saturated carbocycles. The van der Waals surface area contributed by atoms with Crippen LogP contribution in [0.1, 0.15) is 41.4 Å². The summed E-state index contributed by atoms with van der Waals surface area (Å²) in [5.41, 5.74) is 0.762. The summed E-state index contributed by atoms with van der Waals surface area (Å²) in [6, 6.07) is 9.48. The molecule has 2 heterocycles. The number of benzene rings is 1. The van der Waals surface area contributed by atoms with Crippen molar-refractivity contribution in [1.82, 2.24) is 25.1 Å². The molecule has 114 valence electrons. The predicted octanol–water partition coefficient (Wildman–Crippen LogP) is 1.71. The molecule has 0 radical (unpaired) electrons. The second-order valence-corrected chi connectivity index (χ2v) is 6.25. The minimum absolute atomic E-state index is 0.119. The molecule has 6 nitrogen and oxygen atoms in total. The summed E-state index contributed by atoms with van der Waals surface area (Å²) >= 11 is 0. The molecule has 0 unspecified atom stereocenters. The van der Waals surface area contributed by atoms with Crippen LogP contribution in [-0.2, 0) is 6.54 Å². The SMILES string of the molecule is O=C(c1ccccc1)N1CC[C@@H](Cn2nnc(C3CC3)n2)C1. The number of nitrogens with zero attached hydrogens (tertiary/aromatic N) is 5. The van der Waals surface area contributed by atoms with Crippen molar-refractivity contribution in [2.24, 2.45) is 5.92 Å². The van der Waals surface area contributed by atoms with Crippen molar-refractivity contribution in [3.05, 3.63) is 41.7 Å². The summed E-state index contributed by atoms with van der Waals surface area (Å²) in [6.07, 6.45) is 3.38. The molecule has 22 heavy (non-hydrogen) atoms. The van der Waals surface area contributed by atoms with Crippen LogP contribution in [-0.4, -0.2) is 44.1 Å². The number of carbonyl (C=O) groups excluding carboxylic acids is 1. The molecule has 0 N–H and O–H groups in total. The number of hydrogen-bond donors (Lipinski definition) is 0. The second-order valence-electron chi connectivity index (χ2n) is 6.25. The topological polar surface area (TPSA) is 63.9 Å². The van der Waals surface area contributed by atoms with Crippen molar-refractivity contribution in [2.75, 3.05) is 13.1 Å². The Morgan fingerprint density at radius 2 is 2.00 bits per heavy atom. The van der Waals surface area contributed by atoms with E-state index < -0.39 is 0 Å². The Morgan fingerprint density at radius 3 is 2.77 bits per heavy atom. The van der Waals surface area contributed by atoms with Crippen LogP contribution in [0.15, 0.2) is 30.3 Å². The van der Waals surface area contributed by atoms with Gasteiger partial charge in [-0.05, 0) is 42.5 Å². The van der Waals surface area contributed by atoms with Crippen LogP contribution in [0.5, 0.6) is 0 Å². The molecule has 2 aliphatic rings. The third-order valence-electron chi connectivity index (χ3n) is 4.43. The van der Waals surface area contributed by atoms with E-state index in [4.69, 9.17) is 0 Å². The third-order valence-corrected chi connectivity index (χ3v) is 4.43. The van der Waals surface area contributed by atoms with Crippen LogP contribution in [0.3, 0.4) is 0 Å². The maximum absolute atomic E-state index is 12.4. The molecule has 1 aromatic heterocycles. The number of tetrazole rings is 1. The maximum Gasteiger partial charge on any atom is 0.253 e. The molecule has 1 atom stereocenters.